The molecule has 2 unspecified atom stereocenters. The number of carbonyl (C=O) groups is 2. The van der Waals surface area contributed by atoms with Crippen LogP contribution in [-0.2, 0) is 6.42 Å². The Labute approximate surface area is 151 Å². The van der Waals surface area contributed by atoms with Gasteiger partial charge >= 0.3 is 5.97 Å². The maximum Gasteiger partial charge on any atom is 0.335 e. The van der Waals surface area contributed by atoms with Gasteiger partial charge in [-0.1, -0.05) is 36.7 Å². The quantitative estimate of drug-likeness (QED) is 0.874. The second kappa shape index (κ2) is 5.88. The molecule has 1 N–H and O–H groups in total. The minimum absolute atomic E-state index is 0.0261. The summed E-state index contributed by atoms with van der Waals surface area (Å²) >= 11 is 6.22. The van der Waals surface area contributed by atoms with Crippen molar-refractivity contribution in [3.05, 3.63) is 69.2 Å². The van der Waals surface area contributed by atoms with Crippen LogP contribution < -0.4 is 0 Å². The Morgan fingerprint density at radius 1 is 1.12 bits per heavy atom. The van der Waals surface area contributed by atoms with Gasteiger partial charge in [0.1, 0.15) is 0 Å². The fraction of sp³-hybridized carbons (Fsp3) is 0.300. The molecule has 2 aromatic rings. The second-order valence-corrected chi connectivity index (χ2v) is 7.20. The Hall–Kier alpha value is -2.33. The number of carboxylic acids is 1. The summed E-state index contributed by atoms with van der Waals surface area (Å²) in [6.45, 7) is 2.49. The molecule has 0 radical (unpaired) electrons. The molecule has 0 saturated heterocycles. The average molecular weight is 356 g/mol. The number of rotatable bonds is 2. The van der Waals surface area contributed by atoms with Crippen molar-refractivity contribution in [2.45, 2.75) is 31.7 Å². The molecule has 1 amide bonds. The highest BCUT2D eigenvalue weighted by Crippen LogP contribution is 2.46. The molecular weight excluding hydrogens is 338 g/mol. The number of benzene rings is 2. The number of carboxylic acid groups (broad SMARTS) is 1. The van der Waals surface area contributed by atoms with Crippen molar-refractivity contribution in [1.82, 2.24) is 4.90 Å². The van der Waals surface area contributed by atoms with Gasteiger partial charge in [-0.05, 0) is 53.6 Å². The van der Waals surface area contributed by atoms with Crippen LogP contribution in [0.4, 0.5) is 0 Å². The highest BCUT2D eigenvalue weighted by Gasteiger charge is 2.41. The van der Waals surface area contributed by atoms with Crippen molar-refractivity contribution in [3.63, 3.8) is 0 Å². The predicted octanol–water partition coefficient (Wildman–Crippen LogP) is 4.29. The molecule has 0 aromatic heterocycles. The summed E-state index contributed by atoms with van der Waals surface area (Å²) in [6.07, 6.45) is 1.69. The normalized spacial score (nSPS) is 21.1. The van der Waals surface area contributed by atoms with Crippen LogP contribution >= 0.6 is 11.6 Å². The lowest BCUT2D eigenvalue weighted by Crippen LogP contribution is -2.41. The Balaban J connectivity index is 1.81. The molecule has 1 aliphatic heterocycles. The van der Waals surface area contributed by atoms with Gasteiger partial charge in [-0.3, -0.25) is 4.79 Å². The van der Waals surface area contributed by atoms with Gasteiger partial charge in [0, 0.05) is 6.54 Å². The van der Waals surface area contributed by atoms with Crippen LogP contribution in [-0.4, -0.2) is 28.4 Å². The average Bonchev–Trinajstić information content (AvgIpc) is 3.02. The summed E-state index contributed by atoms with van der Waals surface area (Å²) in [4.78, 5) is 26.6. The standard InChI is InChI=1S/C20H18ClNO3/c1-11-10-22(19(23)13-4-2-3-5-15(13)21)16-9-7-12-6-8-14(20(24)25)17(11)18(12)16/h2-6,8,11,16H,7,9-10H2,1H3,(H,24,25). The highest BCUT2D eigenvalue weighted by atomic mass is 35.5. The monoisotopic (exact) mass is 355 g/mol. The van der Waals surface area contributed by atoms with Gasteiger partial charge in [-0.2, -0.15) is 0 Å². The van der Waals surface area contributed by atoms with Crippen molar-refractivity contribution in [1.29, 1.82) is 0 Å². The molecule has 1 aliphatic carbocycles. The lowest BCUT2D eigenvalue weighted by atomic mass is 9.83. The first-order chi connectivity index (χ1) is 12.0. The Morgan fingerprint density at radius 2 is 1.88 bits per heavy atom. The van der Waals surface area contributed by atoms with Crippen molar-refractivity contribution in [2.24, 2.45) is 0 Å². The molecule has 0 bridgehead atoms. The summed E-state index contributed by atoms with van der Waals surface area (Å²) in [5.41, 5.74) is 3.97. The molecule has 25 heavy (non-hydrogen) atoms. The lowest BCUT2D eigenvalue weighted by Gasteiger charge is -2.39. The summed E-state index contributed by atoms with van der Waals surface area (Å²) in [7, 11) is 0. The minimum Gasteiger partial charge on any atom is -0.478 e. The van der Waals surface area contributed by atoms with E-state index >= 15 is 0 Å². The van der Waals surface area contributed by atoms with Crippen LogP contribution in [0.3, 0.4) is 0 Å². The van der Waals surface area contributed by atoms with Gasteiger partial charge in [-0.15, -0.1) is 0 Å². The summed E-state index contributed by atoms with van der Waals surface area (Å²) in [5, 5.41) is 10.00. The van der Waals surface area contributed by atoms with E-state index in [2.05, 4.69) is 0 Å². The van der Waals surface area contributed by atoms with Gasteiger partial charge in [0.15, 0.2) is 0 Å². The third-order valence-corrected chi connectivity index (χ3v) is 5.66. The third-order valence-electron chi connectivity index (χ3n) is 5.33. The zero-order chi connectivity index (χ0) is 17.7. The van der Waals surface area contributed by atoms with E-state index in [1.165, 1.54) is 0 Å². The number of hydrogen-bond donors (Lipinski definition) is 1. The number of aromatic carboxylic acids is 1. The first kappa shape index (κ1) is 16.2. The zero-order valence-corrected chi connectivity index (χ0v) is 14.6. The van der Waals surface area contributed by atoms with E-state index in [0.29, 0.717) is 22.7 Å². The smallest absolute Gasteiger partial charge is 0.335 e. The number of halogens is 1. The largest absolute Gasteiger partial charge is 0.478 e. The van der Waals surface area contributed by atoms with Crippen LogP contribution in [0.25, 0.3) is 0 Å². The summed E-state index contributed by atoms with van der Waals surface area (Å²) in [5.74, 6) is -1.01. The first-order valence-corrected chi connectivity index (χ1v) is 8.81. The lowest BCUT2D eigenvalue weighted by molar-refractivity contribution is 0.0641. The second-order valence-electron chi connectivity index (χ2n) is 6.80. The molecule has 4 nitrogen and oxygen atoms in total. The summed E-state index contributed by atoms with van der Waals surface area (Å²) < 4.78 is 0. The van der Waals surface area contributed by atoms with Gasteiger partial charge in [0.25, 0.3) is 5.91 Å². The maximum atomic E-state index is 13.1. The van der Waals surface area contributed by atoms with E-state index in [9.17, 15) is 14.7 Å². The summed E-state index contributed by atoms with van der Waals surface area (Å²) in [6, 6.07) is 10.6. The number of hydrogen-bond acceptors (Lipinski definition) is 2. The van der Waals surface area contributed by atoms with E-state index in [0.717, 1.165) is 29.5 Å². The SMILES string of the molecule is CC1CN(C(=O)c2ccccc2Cl)C2CCc3ccc(C(=O)O)c1c32. The van der Waals surface area contributed by atoms with Gasteiger partial charge < -0.3 is 10.0 Å². The fourth-order valence-electron chi connectivity index (χ4n) is 4.29. The number of carbonyl (C=O) groups excluding carboxylic acids is 1. The topological polar surface area (TPSA) is 57.6 Å². The molecule has 2 aliphatic rings. The number of aryl methyl sites for hydroxylation is 1. The first-order valence-electron chi connectivity index (χ1n) is 8.43. The molecule has 5 heteroatoms. The molecule has 0 saturated carbocycles. The van der Waals surface area contributed by atoms with Gasteiger partial charge in [0.2, 0.25) is 0 Å². The van der Waals surface area contributed by atoms with E-state index in [1.54, 1.807) is 24.3 Å². The fourth-order valence-corrected chi connectivity index (χ4v) is 4.50. The molecule has 2 atom stereocenters. The molecule has 128 valence electrons. The van der Waals surface area contributed by atoms with E-state index in [1.807, 2.05) is 24.0 Å². The number of amides is 1. The molecule has 2 aromatic carbocycles. The van der Waals surface area contributed by atoms with E-state index in [4.69, 9.17) is 11.6 Å². The van der Waals surface area contributed by atoms with Crippen molar-refractivity contribution in [3.8, 4) is 0 Å². The number of nitrogens with zero attached hydrogens (tertiary/aromatic N) is 1. The maximum absolute atomic E-state index is 13.1. The van der Waals surface area contributed by atoms with Crippen molar-refractivity contribution >= 4 is 23.5 Å². The van der Waals surface area contributed by atoms with Crippen LogP contribution in [0.5, 0.6) is 0 Å². The third kappa shape index (κ3) is 2.44. The van der Waals surface area contributed by atoms with Crippen LogP contribution in [0.15, 0.2) is 36.4 Å². The van der Waals surface area contributed by atoms with E-state index < -0.39 is 5.97 Å². The molecule has 0 fully saturated rings. The van der Waals surface area contributed by atoms with Crippen molar-refractivity contribution in [2.75, 3.05) is 6.54 Å². The van der Waals surface area contributed by atoms with Crippen molar-refractivity contribution < 1.29 is 14.7 Å². The Kier molecular flexibility index (Phi) is 3.80. The Bertz CT molecular complexity index is 893. The highest BCUT2D eigenvalue weighted by molar-refractivity contribution is 6.33. The predicted molar refractivity (Wildman–Crippen MR) is 95.4 cm³/mol. The van der Waals surface area contributed by atoms with Crippen LogP contribution in [0, 0.1) is 0 Å². The van der Waals surface area contributed by atoms with Gasteiger partial charge in [0.05, 0.1) is 22.2 Å². The van der Waals surface area contributed by atoms with Gasteiger partial charge in [-0.25, -0.2) is 4.79 Å². The zero-order valence-electron chi connectivity index (χ0n) is 13.8. The minimum atomic E-state index is -0.902. The molecule has 1 heterocycles. The van der Waals surface area contributed by atoms with Crippen LogP contribution in [0.1, 0.15) is 62.7 Å². The van der Waals surface area contributed by atoms with E-state index in [-0.39, 0.29) is 17.9 Å². The molecule has 4 rings (SSSR count). The van der Waals surface area contributed by atoms with Crippen LogP contribution in [0.2, 0.25) is 5.02 Å². The Morgan fingerprint density at radius 3 is 2.60 bits per heavy atom. The molecule has 0 spiro atoms. The molecular formula is C20H18ClNO3.